The molecule has 0 aromatic carbocycles. The highest BCUT2D eigenvalue weighted by atomic mass is 35.5. The molecule has 0 N–H and O–H groups in total. The summed E-state index contributed by atoms with van der Waals surface area (Å²) < 4.78 is 6.43. The molecule has 0 saturated heterocycles. The molecule has 0 aliphatic carbocycles. The highest BCUT2D eigenvalue weighted by Gasteiger charge is 2.10. The lowest BCUT2D eigenvalue weighted by atomic mass is 10.2. The third-order valence-corrected chi connectivity index (χ3v) is 3.43. The van der Waals surface area contributed by atoms with Gasteiger partial charge in [0.25, 0.3) is 0 Å². The first-order chi connectivity index (χ1) is 7.74. The summed E-state index contributed by atoms with van der Waals surface area (Å²) in [5, 5.41) is 8.51. The fourth-order valence-corrected chi connectivity index (χ4v) is 2.15. The van der Waals surface area contributed by atoms with Crippen molar-refractivity contribution in [2.24, 2.45) is 0 Å². The van der Waals surface area contributed by atoms with Gasteiger partial charge in [-0.3, -0.25) is 4.68 Å². The maximum Gasteiger partial charge on any atom is 0.139 e. The predicted molar refractivity (Wildman–Crippen MR) is 65.0 cm³/mol. The zero-order chi connectivity index (χ0) is 11.5. The van der Waals surface area contributed by atoms with E-state index in [2.05, 4.69) is 34.6 Å². The Morgan fingerprint density at radius 3 is 2.75 bits per heavy atom. The van der Waals surface area contributed by atoms with Gasteiger partial charge in [0, 0.05) is 17.2 Å². The lowest BCUT2D eigenvalue weighted by Crippen LogP contribution is -2.06. The van der Waals surface area contributed by atoms with Crippen LogP contribution in [0.1, 0.15) is 30.9 Å². The van der Waals surface area contributed by atoms with Gasteiger partial charge >= 0.3 is 0 Å². The smallest absolute Gasteiger partial charge is 0.139 e. The summed E-state index contributed by atoms with van der Waals surface area (Å²) in [5.41, 5.74) is 3.11. The fourth-order valence-electron chi connectivity index (χ4n) is 1.54. The second-order valence-corrected chi connectivity index (χ2v) is 4.84. The average Bonchev–Trinajstić information content (AvgIpc) is 2.86. The van der Waals surface area contributed by atoms with Crippen LogP contribution in [-0.4, -0.2) is 19.4 Å². The summed E-state index contributed by atoms with van der Waals surface area (Å²) in [6, 6.07) is 2.13. The number of hydrogen-bond donors (Lipinski definition) is 0. The van der Waals surface area contributed by atoms with Gasteiger partial charge in [0.1, 0.15) is 10.0 Å². The Hall–Kier alpha value is -0.940. The van der Waals surface area contributed by atoms with Gasteiger partial charge < -0.3 is 0 Å². The van der Waals surface area contributed by atoms with E-state index in [1.165, 1.54) is 17.2 Å². The van der Waals surface area contributed by atoms with Crippen molar-refractivity contribution in [3.63, 3.8) is 0 Å². The Morgan fingerprint density at radius 2 is 2.19 bits per heavy atom. The Kier molecular flexibility index (Phi) is 3.56. The van der Waals surface area contributed by atoms with Crippen molar-refractivity contribution in [3.8, 4) is 0 Å². The molecule has 6 heteroatoms. The van der Waals surface area contributed by atoms with Crippen LogP contribution in [0.2, 0.25) is 4.34 Å². The number of hydrogen-bond acceptors (Lipinski definition) is 4. The van der Waals surface area contributed by atoms with E-state index in [0.29, 0.717) is 10.9 Å². The van der Waals surface area contributed by atoms with E-state index in [9.17, 15) is 0 Å². The number of aryl methyl sites for hydroxylation is 2. The Bertz CT molecular complexity index is 477. The molecule has 4 nitrogen and oxygen atoms in total. The summed E-state index contributed by atoms with van der Waals surface area (Å²) in [7, 11) is 0. The molecule has 0 unspecified atom stereocenters. The first-order valence-corrected chi connectivity index (χ1v) is 6.42. The van der Waals surface area contributed by atoms with Crippen LogP contribution in [-0.2, 0) is 19.4 Å². The van der Waals surface area contributed by atoms with E-state index in [4.69, 9.17) is 11.6 Å². The van der Waals surface area contributed by atoms with Crippen molar-refractivity contribution >= 4 is 23.1 Å². The van der Waals surface area contributed by atoms with Gasteiger partial charge in [-0.1, -0.05) is 29.9 Å². The fraction of sp³-hybridized carbons (Fsp3) is 0.500. The largest absolute Gasteiger partial charge is 0.263 e. The Morgan fingerprint density at radius 1 is 1.38 bits per heavy atom. The van der Waals surface area contributed by atoms with E-state index < -0.39 is 0 Å². The summed E-state index contributed by atoms with van der Waals surface area (Å²) in [5.74, 6) is 0. The average molecular weight is 257 g/mol. The highest BCUT2D eigenvalue weighted by Crippen LogP contribution is 2.19. The van der Waals surface area contributed by atoms with Crippen LogP contribution >= 0.6 is 23.1 Å². The third kappa shape index (κ3) is 2.25. The summed E-state index contributed by atoms with van der Waals surface area (Å²) in [6.45, 7) is 4.83. The summed E-state index contributed by atoms with van der Waals surface area (Å²) in [4.78, 5) is 0. The van der Waals surface area contributed by atoms with Crippen molar-refractivity contribution in [2.75, 3.05) is 0 Å². The SMILES string of the molecule is CCc1cc(CC)n(Cc2nnsc2Cl)n1. The molecule has 2 aromatic rings. The lowest BCUT2D eigenvalue weighted by molar-refractivity contribution is 0.628. The molecule has 0 radical (unpaired) electrons. The van der Waals surface area contributed by atoms with E-state index in [1.807, 2.05) is 4.68 Å². The van der Waals surface area contributed by atoms with E-state index in [-0.39, 0.29) is 0 Å². The van der Waals surface area contributed by atoms with Crippen LogP contribution in [0.15, 0.2) is 6.07 Å². The first-order valence-electron chi connectivity index (χ1n) is 5.26. The van der Waals surface area contributed by atoms with Crippen molar-refractivity contribution in [1.82, 2.24) is 19.4 Å². The Labute approximate surface area is 103 Å². The van der Waals surface area contributed by atoms with Gasteiger partial charge in [-0.05, 0) is 18.9 Å². The summed E-state index contributed by atoms with van der Waals surface area (Å²) in [6.07, 6.45) is 1.91. The highest BCUT2D eigenvalue weighted by molar-refractivity contribution is 7.10. The normalized spacial score (nSPS) is 10.9. The quantitative estimate of drug-likeness (QED) is 0.845. The number of rotatable bonds is 4. The van der Waals surface area contributed by atoms with Crippen molar-refractivity contribution in [1.29, 1.82) is 0 Å². The molecular weight excluding hydrogens is 244 g/mol. The minimum Gasteiger partial charge on any atom is -0.263 e. The zero-order valence-corrected chi connectivity index (χ0v) is 10.8. The predicted octanol–water partition coefficient (Wildman–Crippen LogP) is 2.56. The maximum absolute atomic E-state index is 5.98. The molecule has 0 aliphatic rings. The minimum absolute atomic E-state index is 0.610. The third-order valence-electron chi connectivity index (χ3n) is 2.45. The van der Waals surface area contributed by atoms with Crippen LogP contribution in [0.25, 0.3) is 0 Å². The molecule has 0 bridgehead atoms. The molecule has 0 spiro atoms. The first kappa shape index (κ1) is 11.5. The standard InChI is InChI=1S/C10H13ClN4S/c1-3-7-5-8(4-2)15(13-7)6-9-10(11)16-14-12-9/h5H,3-4,6H2,1-2H3. The molecule has 2 rings (SSSR count). The molecular formula is C10H13ClN4S. The number of nitrogens with zero attached hydrogens (tertiary/aromatic N) is 4. The van der Waals surface area contributed by atoms with Crippen molar-refractivity contribution in [2.45, 2.75) is 33.2 Å². The van der Waals surface area contributed by atoms with Gasteiger partial charge in [0.2, 0.25) is 0 Å². The summed E-state index contributed by atoms with van der Waals surface area (Å²) >= 11 is 7.19. The monoisotopic (exact) mass is 256 g/mol. The molecule has 0 saturated carbocycles. The minimum atomic E-state index is 0.610. The van der Waals surface area contributed by atoms with E-state index in [0.717, 1.165) is 24.2 Å². The van der Waals surface area contributed by atoms with Gasteiger partial charge in [-0.15, -0.1) is 5.10 Å². The molecule has 16 heavy (non-hydrogen) atoms. The second kappa shape index (κ2) is 4.93. The van der Waals surface area contributed by atoms with Crippen molar-refractivity contribution < 1.29 is 0 Å². The van der Waals surface area contributed by atoms with Gasteiger partial charge in [-0.25, -0.2) is 0 Å². The van der Waals surface area contributed by atoms with Crippen LogP contribution in [0, 0.1) is 0 Å². The van der Waals surface area contributed by atoms with Crippen LogP contribution in [0.3, 0.4) is 0 Å². The van der Waals surface area contributed by atoms with Gasteiger partial charge in [0.05, 0.1) is 12.2 Å². The zero-order valence-electron chi connectivity index (χ0n) is 9.27. The van der Waals surface area contributed by atoms with Crippen LogP contribution in [0.4, 0.5) is 0 Å². The van der Waals surface area contributed by atoms with Crippen molar-refractivity contribution in [3.05, 3.63) is 27.5 Å². The van der Waals surface area contributed by atoms with E-state index >= 15 is 0 Å². The molecule has 0 amide bonds. The topological polar surface area (TPSA) is 43.6 Å². The molecule has 86 valence electrons. The molecule has 2 aromatic heterocycles. The molecule has 2 heterocycles. The van der Waals surface area contributed by atoms with Crippen LogP contribution < -0.4 is 0 Å². The van der Waals surface area contributed by atoms with Gasteiger partial charge in [0.15, 0.2) is 0 Å². The lowest BCUT2D eigenvalue weighted by Gasteiger charge is -2.02. The van der Waals surface area contributed by atoms with E-state index in [1.54, 1.807) is 0 Å². The molecule has 0 aliphatic heterocycles. The maximum atomic E-state index is 5.98. The van der Waals surface area contributed by atoms with Gasteiger partial charge in [-0.2, -0.15) is 5.10 Å². The Balaban J connectivity index is 2.26. The van der Waals surface area contributed by atoms with Crippen LogP contribution in [0.5, 0.6) is 0 Å². The number of halogens is 1. The second-order valence-electron chi connectivity index (χ2n) is 3.49. The molecule has 0 fully saturated rings. The number of aromatic nitrogens is 4. The molecule has 0 atom stereocenters.